The van der Waals surface area contributed by atoms with Gasteiger partial charge in [-0.05, 0) is 45.8 Å². The molecule has 0 aromatic carbocycles. The molecule has 0 rings (SSSR count). The maximum absolute atomic E-state index is 6.69. The molecule has 0 bridgehead atoms. The summed E-state index contributed by atoms with van der Waals surface area (Å²) in [6.07, 6.45) is 0. The van der Waals surface area contributed by atoms with Gasteiger partial charge in [0.1, 0.15) is 5.16 Å². The molecule has 0 saturated carbocycles. The number of rotatable bonds is 14. The zero-order valence-corrected chi connectivity index (χ0v) is 25.1. The Morgan fingerprint density at radius 3 is 0.929 bits per heavy atom. The maximum Gasteiger partial charge on any atom is 0.507 e. The van der Waals surface area contributed by atoms with Crippen molar-refractivity contribution in [3.63, 3.8) is 0 Å². The molecule has 0 fully saturated rings. The van der Waals surface area contributed by atoms with Gasteiger partial charge in [-0.3, -0.25) is 0 Å². The predicted molar refractivity (Wildman–Crippen MR) is 123 cm³/mol. The Labute approximate surface area is 177 Å². The van der Waals surface area contributed by atoms with Gasteiger partial charge >= 0.3 is 26.2 Å². The standard InChI is InChI=1S/C15H42O8Si5/c1-16-27(17-2,18-3)15(28(19-4,20-5)21-6)14-26(13,22-24(7,8)9)23-25(10,11)12/h15H,14H2,1-13H3. The van der Waals surface area contributed by atoms with Gasteiger partial charge in [0.25, 0.3) is 0 Å². The second kappa shape index (κ2) is 10.9. The molecule has 0 radical (unpaired) electrons. The van der Waals surface area contributed by atoms with Gasteiger partial charge in [-0.1, -0.05) is 0 Å². The van der Waals surface area contributed by atoms with Crippen LogP contribution in [0.2, 0.25) is 57.0 Å². The first-order valence-electron chi connectivity index (χ1n) is 9.33. The minimum Gasteiger partial charge on any atom is -0.437 e. The first kappa shape index (κ1) is 28.8. The molecule has 28 heavy (non-hydrogen) atoms. The Morgan fingerprint density at radius 1 is 0.500 bits per heavy atom. The molecular weight excluding hydrogens is 449 g/mol. The van der Waals surface area contributed by atoms with Gasteiger partial charge in [-0.15, -0.1) is 0 Å². The highest BCUT2D eigenvalue weighted by Gasteiger charge is 2.66. The lowest BCUT2D eigenvalue weighted by atomic mass is 10.9. The number of hydrogen-bond acceptors (Lipinski definition) is 8. The molecule has 0 aromatic heterocycles. The van der Waals surface area contributed by atoms with Crippen LogP contribution in [0, 0.1) is 0 Å². The molecule has 0 aromatic rings. The smallest absolute Gasteiger partial charge is 0.437 e. The van der Waals surface area contributed by atoms with Crippen molar-refractivity contribution >= 4 is 42.8 Å². The van der Waals surface area contributed by atoms with Crippen molar-refractivity contribution in [1.29, 1.82) is 0 Å². The molecule has 0 atom stereocenters. The summed E-state index contributed by atoms with van der Waals surface area (Å²) in [7, 11) is -3.38. The van der Waals surface area contributed by atoms with Crippen LogP contribution in [0.3, 0.4) is 0 Å². The molecule has 8 nitrogen and oxygen atoms in total. The summed E-state index contributed by atoms with van der Waals surface area (Å²) < 4.78 is 48.4. The Hall–Kier alpha value is 0.764. The predicted octanol–water partition coefficient (Wildman–Crippen LogP) is 3.43. The van der Waals surface area contributed by atoms with Crippen LogP contribution in [0.25, 0.3) is 0 Å². The normalized spacial score (nSPS) is 14.8. The molecule has 0 aliphatic rings. The van der Waals surface area contributed by atoms with Gasteiger partial charge in [0.15, 0.2) is 16.6 Å². The monoisotopic (exact) mass is 490 g/mol. The fourth-order valence-electron chi connectivity index (χ4n) is 3.59. The molecule has 0 aliphatic heterocycles. The van der Waals surface area contributed by atoms with Gasteiger partial charge in [0, 0.05) is 48.7 Å². The van der Waals surface area contributed by atoms with Gasteiger partial charge in [0.05, 0.1) is 0 Å². The molecule has 0 saturated heterocycles. The topological polar surface area (TPSA) is 73.8 Å². The van der Waals surface area contributed by atoms with E-state index >= 15 is 0 Å². The SMILES string of the molecule is CO[Si](OC)(OC)C(C[Si](C)(O[Si](C)(C)C)O[Si](C)(C)C)[Si](OC)(OC)OC. The lowest BCUT2D eigenvalue weighted by Gasteiger charge is -2.45. The van der Waals surface area contributed by atoms with Crippen molar-refractivity contribution in [2.45, 2.75) is 57.0 Å². The second-order valence-corrected chi connectivity index (χ2v) is 28.3. The van der Waals surface area contributed by atoms with E-state index in [1.807, 2.05) is 0 Å². The van der Waals surface area contributed by atoms with Crippen LogP contribution in [-0.4, -0.2) is 85.5 Å². The second-order valence-electron chi connectivity index (χ2n) is 8.75. The van der Waals surface area contributed by atoms with E-state index in [0.717, 1.165) is 0 Å². The quantitative estimate of drug-likeness (QED) is 0.343. The van der Waals surface area contributed by atoms with Crippen LogP contribution in [-0.2, 0) is 34.8 Å². The van der Waals surface area contributed by atoms with Crippen LogP contribution in [0.1, 0.15) is 0 Å². The van der Waals surface area contributed by atoms with E-state index in [1.165, 1.54) is 0 Å². The molecule has 0 amide bonds. The van der Waals surface area contributed by atoms with E-state index in [-0.39, 0.29) is 5.16 Å². The Bertz CT molecular complexity index is 408. The maximum atomic E-state index is 6.69. The van der Waals surface area contributed by atoms with Gasteiger partial charge in [0.2, 0.25) is 0 Å². The summed E-state index contributed by atoms with van der Waals surface area (Å²) in [6.45, 7) is 15.1. The zero-order chi connectivity index (χ0) is 22.4. The van der Waals surface area contributed by atoms with Crippen LogP contribution in [0.15, 0.2) is 0 Å². The first-order valence-corrected chi connectivity index (χ1v) is 22.3. The van der Waals surface area contributed by atoms with Crippen LogP contribution in [0.5, 0.6) is 0 Å². The van der Waals surface area contributed by atoms with Crippen molar-refractivity contribution in [3.05, 3.63) is 0 Å². The van der Waals surface area contributed by atoms with Gasteiger partial charge in [-0.25, -0.2) is 0 Å². The molecule has 0 heterocycles. The van der Waals surface area contributed by atoms with Crippen LogP contribution >= 0.6 is 0 Å². The summed E-state index contributed by atoms with van der Waals surface area (Å²) in [5, 5.41) is -0.385. The van der Waals surface area contributed by atoms with Crippen LogP contribution < -0.4 is 0 Å². The largest absolute Gasteiger partial charge is 0.507 e. The zero-order valence-electron chi connectivity index (χ0n) is 20.1. The van der Waals surface area contributed by atoms with E-state index in [2.05, 4.69) is 45.8 Å². The highest BCUT2D eigenvalue weighted by Crippen LogP contribution is 2.43. The first-order chi connectivity index (χ1) is 12.6. The molecule has 0 spiro atoms. The van der Waals surface area contributed by atoms with E-state index in [1.54, 1.807) is 42.7 Å². The van der Waals surface area contributed by atoms with Crippen LogP contribution in [0.4, 0.5) is 0 Å². The average molecular weight is 491 g/mol. The molecule has 13 heteroatoms. The van der Waals surface area contributed by atoms with E-state index in [9.17, 15) is 0 Å². The van der Waals surface area contributed by atoms with E-state index < -0.39 is 42.8 Å². The lowest BCUT2D eigenvalue weighted by molar-refractivity contribution is 0.0812. The molecular formula is C15H42O8Si5. The van der Waals surface area contributed by atoms with Crippen molar-refractivity contribution < 1.29 is 34.8 Å². The molecule has 0 unspecified atom stereocenters. The third-order valence-corrected chi connectivity index (χ3v) is 22.2. The van der Waals surface area contributed by atoms with Crippen molar-refractivity contribution in [3.8, 4) is 0 Å². The average Bonchev–Trinajstić information content (AvgIpc) is 2.55. The van der Waals surface area contributed by atoms with Crippen molar-refractivity contribution in [2.24, 2.45) is 0 Å². The third-order valence-electron chi connectivity index (χ3n) is 4.18. The Balaban J connectivity index is 6.45. The Morgan fingerprint density at radius 2 is 0.750 bits per heavy atom. The number of hydrogen-bond donors (Lipinski definition) is 0. The van der Waals surface area contributed by atoms with Crippen molar-refractivity contribution in [1.82, 2.24) is 0 Å². The minimum atomic E-state index is -3.21. The molecule has 0 N–H and O–H groups in total. The lowest BCUT2D eigenvalue weighted by Crippen LogP contribution is -2.65. The van der Waals surface area contributed by atoms with Gasteiger partial charge in [-0.2, -0.15) is 0 Å². The minimum absolute atomic E-state index is 0.385. The van der Waals surface area contributed by atoms with Gasteiger partial charge < -0.3 is 34.8 Å². The highest BCUT2D eigenvalue weighted by atomic mass is 28.5. The molecule has 170 valence electrons. The summed E-state index contributed by atoms with van der Waals surface area (Å²) in [5.74, 6) is 0. The summed E-state index contributed by atoms with van der Waals surface area (Å²) in [5.41, 5.74) is 0. The Kier molecular flexibility index (Phi) is 11.2. The molecule has 0 aliphatic carbocycles. The highest BCUT2D eigenvalue weighted by molar-refractivity contribution is 6.91. The summed E-state index contributed by atoms with van der Waals surface area (Å²) in [4.78, 5) is 0. The summed E-state index contributed by atoms with van der Waals surface area (Å²) >= 11 is 0. The fourth-order valence-corrected chi connectivity index (χ4v) is 26.7. The van der Waals surface area contributed by atoms with Crippen molar-refractivity contribution in [2.75, 3.05) is 42.7 Å². The third kappa shape index (κ3) is 7.79. The van der Waals surface area contributed by atoms with E-state index in [0.29, 0.717) is 6.04 Å². The summed E-state index contributed by atoms with van der Waals surface area (Å²) in [6, 6.07) is 0.533. The van der Waals surface area contributed by atoms with E-state index in [4.69, 9.17) is 34.8 Å². The fraction of sp³-hybridized carbons (Fsp3) is 1.00.